The second-order valence-corrected chi connectivity index (χ2v) is 6.64. The monoisotopic (exact) mass is 339 g/mol. The lowest BCUT2D eigenvalue weighted by molar-refractivity contribution is -0.0441. The van der Waals surface area contributed by atoms with E-state index in [9.17, 15) is 4.79 Å². The lowest BCUT2D eigenvalue weighted by atomic mass is 10.0. The lowest BCUT2D eigenvalue weighted by Gasteiger charge is -2.41. The van der Waals surface area contributed by atoms with Crippen molar-refractivity contribution in [2.75, 3.05) is 24.6 Å². The molecule has 2 heterocycles. The highest BCUT2D eigenvalue weighted by Crippen LogP contribution is 2.25. The zero-order chi connectivity index (χ0) is 17.7. The number of hydrogen-bond donors (Lipinski definition) is 1. The number of aromatic nitrogens is 1. The number of nitrogens with one attached hydrogen (secondary N) is 1. The minimum atomic E-state index is -0.155. The van der Waals surface area contributed by atoms with Crippen molar-refractivity contribution < 1.29 is 9.53 Å². The third-order valence-corrected chi connectivity index (χ3v) is 4.72. The first-order valence-electron chi connectivity index (χ1n) is 8.77. The molecule has 5 heteroatoms. The number of benzene rings is 1. The zero-order valence-corrected chi connectivity index (χ0v) is 14.9. The third kappa shape index (κ3) is 4.37. The van der Waals surface area contributed by atoms with E-state index in [4.69, 9.17) is 4.74 Å². The number of morpholine rings is 1. The SMILES string of the molecule is CCC1(C)CN(c2ccnc(C(=O)NCc3ccccc3)c2)CCO1. The molecule has 1 unspecified atom stereocenters. The standard InChI is InChI=1S/C20H25N3O2/c1-3-20(2)15-23(11-12-25-20)17-9-10-21-18(13-17)19(24)22-14-16-7-5-4-6-8-16/h4-10,13H,3,11-12,14-15H2,1-2H3,(H,22,24). The fourth-order valence-corrected chi connectivity index (χ4v) is 2.97. The third-order valence-electron chi connectivity index (χ3n) is 4.72. The quantitative estimate of drug-likeness (QED) is 0.910. The van der Waals surface area contributed by atoms with Crippen molar-refractivity contribution in [1.29, 1.82) is 0 Å². The van der Waals surface area contributed by atoms with Gasteiger partial charge in [-0.2, -0.15) is 0 Å². The van der Waals surface area contributed by atoms with E-state index >= 15 is 0 Å². The van der Waals surface area contributed by atoms with Crippen LogP contribution in [-0.2, 0) is 11.3 Å². The molecule has 0 aliphatic carbocycles. The summed E-state index contributed by atoms with van der Waals surface area (Å²) in [5.41, 5.74) is 2.39. The zero-order valence-electron chi connectivity index (χ0n) is 14.9. The van der Waals surface area contributed by atoms with E-state index in [2.05, 4.69) is 29.0 Å². The van der Waals surface area contributed by atoms with Crippen LogP contribution in [0.5, 0.6) is 0 Å². The molecule has 3 rings (SSSR count). The maximum atomic E-state index is 12.4. The molecule has 0 saturated carbocycles. The number of pyridine rings is 1. The van der Waals surface area contributed by atoms with Gasteiger partial charge in [-0.15, -0.1) is 0 Å². The largest absolute Gasteiger partial charge is 0.372 e. The second-order valence-electron chi connectivity index (χ2n) is 6.64. The van der Waals surface area contributed by atoms with Crippen molar-refractivity contribution >= 4 is 11.6 Å². The van der Waals surface area contributed by atoms with Crippen molar-refractivity contribution in [1.82, 2.24) is 10.3 Å². The van der Waals surface area contributed by atoms with Crippen LogP contribution < -0.4 is 10.2 Å². The predicted octanol–water partition coefficient (Wildman–Crippen LogP) is 3.02. The molecule has 1 saturated heterocycles. The van der Waals surface area contributed by atoms with Gasteiger partial charge in [-0.25, -0.2) is 0 Å². The minimum absolute atomic E-state index is 0.142. The molecule has 1 aromatic heterocycles. The second kappa shape index (κ2) is 7.66. The smallest absolute Gasteiger partial charge is 0.270 e. The average molecular weight is 339 g/mol. The average Bonchev–Trinajstić information content (AvgIpc) is 2.67. The van der Waals surface area contributed by atoms with Gasteiger partial charge in [0.25, 0.3) is 5.91 Å². The molecule has 25 heavy (non-hydrogen) atoms. The van der Waals surface area contributed by atoms with Gasteiger partial charge in [0.1, 0.15) is 5.69 Å². The van der Waals surface area contributed by atoms with E-state index < -0.39 is 0 Å². The summed E-state index contributed by atoms with van der Waals surface area (Å²) in [6.45, 7) is 7.11. The molecule has 1 aliphatic heterocycles. The van der Waals surface area contributed by atoms with Crippen LogP contribution in [0.15, 0.2) is 48.7 Å². The Kier molecular flexibility index (Phi) is 5.34. The summed E-state index contributed by atoms with van der Waals surface area (Å²) in [5, 5.41) is 2.93. The molecule has 5 nitrogen and oxygen atoms in total. The van der Waals surface area contributed by atoms with E-state index in [0.29, 0.717) is 18.8 Å². The summed E-state index contributed by atoms with van der Waals surface area (Å²) >= 11 is 0. The van der Waals surface area contributed by atoms with E-state index in [1.807, 2.05) is 42.5 Å². The fraction of sp³-hybridized carbons (Fsp3) is 0.400. The Balaban J connectivity index is 1.67. The van der Waals surface area contributed by atoms with Crippen LogP contribution in [0.4, 0.5) is 5.69 Å². The van der Waals surface area contributed by atoms with Gasteiger partial charge >= 0.3 is 0 Å². The molecule has 1 atom stereocenters. The van der Waals surface area contributed by atoms with Gasteiger partial charge in [-0.05, 0) is 31.0 Å². The molecule has 2 aromatic rings. The summed E-state index contributed by atoms with van der Waals surface area (Å²) in [4.78, 5) is 18.9. The Bertz CT molecular complexity index is 720. The Labute approximate surface area is 149 Å². The number of ether oxygens (including phenoxy) is 1. The maximum Gasteiger partial charge on any atom is 0.270 e. The summed E-state index contributed by atoms with van der Waals surface area (Å²) < 4.78 is 5.90. The number of nitrogens with zero attached hydrogens (tertiary/aromatic N) is 2. The number of rotatable bonds is 5. The number of carbonyl (C=O) groups excluding carboxylic acids is 1. The highest BCUT2D eigenvalue weighted by molar-refractivity contribution is 5.93. The summed E-state index contributed by atoms with van der Waals surface area (Å²) in [7, 11) is 0. The Morgan fingerprint density at radius 3 is 2.88 bits per heavy atom. The maximum absolute atomic E-state index is 12.4. The summed E-state index contributed by atoms with van der Waals surface area (Å²) in [6.07, 6.45) is 2.66. The number of anilines is 1. The molecule has 0 radical (unpaired) electrons. The van der Waals surface area contributed by atoms with Gasteiger partial charge in [0.05, 0.1) is 12.2 Å². The highest BCUT2D eigenvalue weighted by atomic mass is 16.5. The normalized spacial score (nSPS) is 20.3. The first-order chi connectivity index (χ1) is 12.1. The van der Waals surface area contributed by atoms with Crippen LogP contribution in [0.25, 0.3) is 0 Å². The van der Waals surface area contributed by atoms with E-state index in [1.165, 1.54) is 0 Å². The Morgan fingerprint density at radius 1 is 1.32 bits per heavy atom. The van der Waals surface area contributed by atoms with Gasteiger partial charge in [-0.1, -0.05) is 37.3 Å². The van der Waals surface area contributed by atoms with Crippen LogP contribution in [0.3, 0.4) is 0 Å². The van der Waals surface area contributed by atoms with Crippen LogP contribution in [0, 0.1) is 0 Å². The Hall–Kier alpha value is -2.40. The van der Waals surface area contributed by atoms with Gasteiger partial charge in [0, 0.05) is 31.5 Å². The molecule has 1 amide bonds. The molecule has 0 spiro atoms. The summed E-state index contributed by atoms with van der Waals surface area (Å²) in [5.74, 6) is -0.155. The first-order valence-corrected chi connectivity index (χ1v) is 8.77. The van der Waals surface area contributed by atoms with Crippen LogP contribution >= 0.6 is 0 Å². The fourth-order valence-electron chi connectivity index (χ4n) is 2.97. The van der Waals surface area contributed by atoms with E-state index in [1.54, 1.807) is 6.20 Å². The molecule has 132 valence electrons. The van der Waals surface area contributed by atoms with Gasteiger partial charge in [0.2, 0.25) is 0 Å². The number of amides is 1. The van der Waals surface area contributed by atoms with Crippen LogP contribution in [0.2, 0.25) is 0 Å². The molecular formula is C20H25N3O2. The van der Waals surface area contributed by atoms with Crippen LogP contribution in [-0.4, -0.2) is 36.2 Å². The molecule has 1 N–H and O–H groups in total. The van der Waals surface area contributed by atoms with Crippen molar-refractivity contribution in [2.45, 2.75) is 32.4 Å². The molecular weight excluding hydrogens is 314 g/mol. The first kappa shape index (κ1) is 17.4. The van der Waals surface area contributed by atoms with Crippen molar-refractivity contribution in [3.8, 4) is 0 Å². The van der Waals surface area contributed by atoms with Crippen molar-refractivity contribution in [3.63, 3.8) is 0 Å². The van der Waals surface area contributed by atoms with Gasteiger partial charge < -0.3 is 15.0 Å². The predicted molar refractivity (Wildman–Crippen MR) is 98.7 cm³/mol. The van der Waals surface area contributed by atoms with E-state index in [0.717, 1.165) is 30.8 Å². The Morgan fingerprint density at radius 2 is 2.12 bits per heavy atom. The minimum Gasteiger partial charge on any atom is -0.372 e. The van der Waals surface area contributed by atoms with E-state index in [-0.39, 0.29) is 11.5 Å². The molecule has 1 aromatic carbocycles. The van der Waals surface area contributed by atoms with Crippen molar-refractivity contribution in [2.24, 2.45) is 0 Å². The highest BCUT2D eigenvalue weighted by Gasteiger charge is 2.30. The number of hydrogen-bond acceptors (Lipinski definition) is 4. The molecule has 0 bridgehead atoms. The van der Waals surface area contributed by atoms with Gasteiger partial charge in [-0.3, -0.25) is 9.78 Å². The topological polar surface area (TPSA) is 54.5 Å². The molecule has 1 fully saturated rings. The van der Waals surface area contributed by atoms with Crippen LogP contribution in [0.1, 0.15) is 36.3 Å². The van der Waals surface area contributed by atoms with Gasteiger partial charge in [0.15, 0.2) is 0 Å². The van der Waals surface area contributed by atoms with Crippen molar-refractivity contribution in [3.05, 3.63) is 59.9 Å². The summed E-state index contributed by atoms with van der Waals surface area (Å²) in [6, 6.07) is 13.7. The lowest BCUT2D eigenvalue weighted by Crippen LogP contribution is -2.49. The molecule has 1 aliphatic rings. The number of carbonyl (C=O) groups is 1.